The van der Waals surface area contributed by atoms with E-state index in [1.165, 1.54) is 25.7 Å². The Kier molecular flexibility index (Phi) is 2.13. The monoisotopic (exact) mass is 195 g/mol. The minimum atomic E-state index is -0.224. The molecule has 2 saturated carbocycles. The molecule has 2 aliphatic rings. The Morgan fingerprint density at radius 3 is 2.64 bits per heavy atom. The van der Waals surface area contributed by atoms with Crippen molar-refractivity contribution in [2.75, 3.05) is 0 Å². The predicted molar refractivity (Wildman–Crippen MR) is 56.6 cm³/mol. The number of amides is 1. The summed E-state index contributed by atoms with van der Waals surface area (Å²) in [4.78, 5) is 11.5. The van der Waals surface area contributed by atoms with Crippen LogP contribution < -0.4 is 5.73 Å². The maximum absolute atomic E-state index is 11.5. The number of carbonyl (C=O) groups is 1. The second-order valence-corrected chi connectivity index (χ2v) is 6.08. The lowest BCUT2D eigenvalue weighted by atomic mass is 9.55. The van der Waals surface area contributed by atoms with E-state index in [0.29, 0.717) is 5.41 Å². The van der Waals surface area contributed by atoms with E-state index in [-0.39, 0.29) is 11.3 Å². The van der Waals surface area contributed by atoms with E-state index in [1.807, 2.05) is 0 Å². The van der Waals surface area contributed by atoms with Crippen LogP contribution in [0.3, 0.4) is 0 Å². The Labute approximate surface area is 86.2 Å². The van der Waals surface area contributed by atoms with Crippen molar-refractivity contribution < 1.29 is 4.79 Å². The second kappa shape index (κ2) is 2.98. The fraction of sp³-hybridized carbons (Fsp3) is 0.917. The van der Waals surface area contributed by atoms with Crippen molar-refractivity contribution in [2.24, 2.45) is 22.5 Å². The molecular weight excluding hydrogens is 174 g/mol. The van der Waals surface area contributed by atoms with Crippen molar-refractivity contribution in [1.82, 2.24) is 0 Å². The summed E-state index contributed by atoms with van der Waals surface area (Å²) in [6, 6.07) is 0. The van der Waals surface area contributed by atoms with Gasteiger partial charge in [-0.15, -0.1) is 0 Å². The summed E-state index contributed by atoms with van der Waals surface area (Å²) in [5.41, 5.74) is 5.69. The van der Waals surface area contributed by atoms with Gasteiger partial charge in [0.1, 0.15) is 0 Å². The zero-order valence-corrected chi connectivity index (χ0v) is 9.31. The van der Waals surface area contributed by atoms with Crippen LogP contribution in [0.4, 0.5) is 0 Å². The number of rotatable bonds is 1. The maximum Gasteiger partial charge on any atom is 0.223 e. The topological polar surface area (TPSA) is 43.1 Å². The first kappa shape index (κ1) is 10.0. The molecule has 3 atom stereocenters. The van der Waals surface area contributed by atoms with Gasteiger partial charge in [-0.3, -0.25) is 4.79 Å². The zero-order valence-electron chi connectivity index (χ0n) is 9.31. The number of carbonyl (C=O) groups excluding carboxylic acids is 1. The zero-order chi connectivity index (χ0) is 10.4. The average molecular weight is 195 g/mol. The molecule has 2 bridgehead atoms. The SMILES string of the molecule is CC12CCCC(C1)CC(C)(C(N)=O)C2. The van der Waals surface area contributed by atoms with Crippen molar-refractivity contribution in [1.29, 1.82) is 0 Å². The number of fused-ring (bicyclic) bond motifs is 2. The Hall–Kier alpha value is -0.530. The van der Waals surface area contributed by atoms with Gasteiger partial charge in [0.25, 0.3) is 0 Å². The first-order valence-corrected chi connectivity index (χ1v) is 5.74. The normalized spacial score (nSPS) is 47.4. The van der Waals surface area contributed by atoms with Gasteiger partial charge in [-0.05, 0) is 37.0 Å². The quantitative estimate of drug-likeness (QED) is 0.686. The van der Waals surface area contributed by atoms with E-state index < -0.39 is 0 Å². The number of nitrogens with two attached hydrogens (primary N) is 1. The lowest BCUT2D eigenvalue weighted by Gasteiger charge is -2.50. The first-order chi connectivity index (χ1) is 6.44. The van der Waals surface area contributed by atoms with E-state index in [9.17, 15) is 4.79 Å². The summed E-state index contributed by atoms with van der Waals surface area (Å²) in [6.07, 6.45) is 7.28. The van der Waals surface area contributed by atoms with Crippen LogP contribution in [0.2, 0.25) is 0 Å². The first-order valence-electron chi connectivity index (χ1n) is 5.74. The van der Waals surface area contributed by atoms with Gasteiger partial charge in [0.05, 0.1) is 0 Å². The fourth-order valence-electron chi connectivity index (χ4n) is 3.89. The number of hydrogen-bond donors (Lipinski definition) is 1. The molecular formula is C12H21NO. The minimum absolute atomic E-state index is 0.0877. The summed E-state index contributed by atoms with van der Waals surface area (Å²) in [5, 5.41) is 0. The third kappa shape index (κ3) is 1.55. The molecule has 2 fully saturated rings. The molecule has 2 N–H and O–H groups in total. The standard InChI is InChI=1S/C12H21NO/c1-11-5-3-4-9(6-11)7-12(2,8-11)10(13)14/h9H,3-8H2,1-2H3,(H2,13,14). The molecule has 2 nitrogen and oxygen atoms in total. The van der Waals surface area contributed by atoms with E-state index in [1.54, 1.807) is 0 Å². The molecule has 3 unspecified atom stereocenters. The number of hydrogen-bond acceptors (Lipinski definition) is 1. The Bertz CT molecular complexity index is 263. The minimum Gasteiger partial charge on any atom is -0.369 e. The molecule has 0 aromatic heterocycles. The summed E-state index contributed by atoms with van der Waals surface area (Å²) < 4.78 is 0. The Balaban J connectivity index is 2.22. The highest BCUT2D eigenvalue weighted by molar-refractivity contribution is 5.80. The lowest BCUT2D eigenvalue weighted by Crippen LogP contribution is -2.46. The van der Waals surface area contributed by atoms with Gasteiger partial charge in [-0.2, -0.15) is 0 Å². The summed E-state index contributed by atoms with van der Waals surface area (Å²) in [7, 11) is 0. The van der Waals surface area contributed by atoms with Gasteiger partial charge in [0.15, 0.2) is 0 Å². The van der Waals surface area contributed by atoms with Crippen LogP contribution >= 0.6 is 0 Å². The smallest absolute Gasteiger partial charge is 0.223 e. The second-order valence-electron chi connectivity index (χ2n) is 6.08. The van der Waals surface area contributed by atoms with Crippen molar-refractivity contribution >= 4 is 5.91 Å². The van der Waals surface area contributed by atoms with Crippen LogP contribution in [-0.2, 0) is 4.79 Å². The Morgan fingerprint density at radius 2 is 2.07 bits per heavy atom. The van der Waals surface area contributed by atoms with Crippen LogP contribution in [-0.4, -0.2) is 5.91 Å². The highest BCUT2D eigenvalue weighted by Crippen LogP contribution is 2.55. The van der Waals surface area contributed by atoms with E-state index in [2.05, 4.69) is 13.8 Å². The van der Waals surface area contributed by atoms with Gasteiger partial charge >= 0.3 is 0 Å². The van der Waals surface area contributed by atoms with Gasteiger partial charge < -0.3 is 5.73 Å². The summed E-state index contributed by atoms with van der Waals surface area (Å²) in [6.45, 7) is 4.39. The largest absolute Gasteiger partial charge is 0.369 e. The van der Waals surface area contributed by atoms with Crippen LogP contribution in [0.25, 0.3) is 0 Å². The highest BCUT2D eigenvalue weighted by atomic mass is 16.1. The van der Waals surface area contributed by atoms with Crippen LogP contribution in [0.5, 0.6) is 0 Å². The van der Waals surface area contributed by atoms with Gasteiger partial charge in [0.2, 0.25) is 5.91 Å². The third-order valence-corrected chi connectivity index (χ3v) is 4.33. The molecule has 0 radical (unpaired) electrons. The molecule has 0 heterocycles. The maximum atomic E-state index is 11.5. The van der Waals surface area contributed by atoms with Crippen molar-refractivity contribution in [3.63, 3.8) is 0 Å². The fourth-order valence-corrected chi connectivity index (χ4v) is 3.89. The lowest BCUT2D eigenvalue weighted by molar-refractivity contribution is -0.134. The summed E-state index contributed by atoms with van der Waals surface area (Å²) in [5.74, 6) is 0.662. The molecule has 2 rings (SSSR count). The molecule has 14 heavy (non-hydrogen) atoms. The summed E-state index contributed by atoms with van der Waals surface area (Å²) >= 11 is 0. The molecule has 0 aromatic carbocycles. The highest BCUT2D eigenvalue weighted by Gasteiger charge is 2.48. The van der Waals surface area contributed by atoms with Gasteiger partial charge in [-0.25, -0.2) is 0 Å². The molecule has 2 heteroatoms. The van der Waals surface area contributed by atoms with E-state index in [0.717, 1.165) is 18.8 Å². The third-order valence-electron chi connectivity index (χ3n) is 4.33. The predicted octanol–water partition coefficient (Wildman–Crippen LogP) is 2.47. The van der Waals surface area contributed by atoms with Crippen molar-refractivity contribution in [3.05, 3.63) is 0 Å². The van der Waals surface area contributed by atoms with Crippen LogP contribution in [0.15, 0.2) is 0 Å². The van der Waals surface area contributed by atoms with E-state index >= 15 is 0 Å². The number of primary amides is 1. The molecule has 0 aromatic rings. The van der Waals surface area contributed by atoms with Gasteiger partial charge in [0, 0.05) is 5.41 Å². The van der Waals surface area contributed by atoms with Gasteiger partial charge in [-0.1, -0.05) is 26.7 Å². The van der Waals surface area contributed by atoms with Crippen molar-refractivity contribution in [3.8, 4) is 0 Å². The molecule has 0 saturated heterocycles. The van der Waals surface area contributed by atoms with E-state index in [4.69, 9.17) is 5.73 Å². The molecule has 0 spiro atoms. The molecule has 2 aliphatic carbocycles. The molecule has 80 valence electrons. The van der Waals surface area contributed by atoms with Crippen molar-refractivity contribution in [2.45, 2.75) is 52.4 Å². The average Bonchev–Trinajstić information content (AvgIpc) is 2.00. The molecule has 0 aliphatic heterocycles. The van der Waals surface area contributed by atoms with Crippen LogP contribution in [0, 0.1) is 16.7 Å². The van der Waals surface area contributed by atoms with Crippen LogP contribution in [0.1, 0.15) is 52.4 Å². The Morgan fingerprint density at radius 1 is 1.36 bits per heavy atom. The molecule has 1 amide bonds.